The smallest absolute Gasteiger partial charge is 0.302 e. The van der Waals surface area contributed by atoms with Crippen molar-refractivity contribution >= 4 is 7.82 Å². The van der Waals surface area contributed by atoms with Gasteiger partial charge in [-0.3, -0.25) is 9.05 Å². The lowest BCUT2D eigenvalue weighted by atomic mass is 10.0. The second-order valence-corrected chi connectivity index (χ2v) is 13.1. The minimum absolute atomic E-state index is 0.313. The van der Waals surface area contributed by atoms with E-state index in [9.17, 15) is 9.46 Å². The SMILES string of the molecule is CCCCCCCCC=CCCCCCCCCOP(=O)(O)OCCCCCCCCCCCCCCCC. The summed E-state index contributed by atoms with van der Waals surface area (Å²) in [5, 5.41) is 0. The first-order chi connectivity index (χ1) is 19.1. The van der Waals surface area contributed by atoms with Crippen LogP contribution in [-0.2, 0) is 13.6 Å². The molecule has 0 spiro atoms. The molecule has 1 atom stereocenters. The van der Waals surface area contributed by atoms with Crippen molar-refractivity contribution in [2.75, 3.05) is 13.2 Å². The second kappa shape index (κ2) is 32.4. The average molecular weight is 573 g/mol. The van der Waals surface area contributed by atoms with E-state index in [2.05, 4.69) is 26.0 Å². The molecule has 0 saturated heterocycles. The van der Waals surface area contributed by atoms with Crippen LogP contribution in [0.2, 0.25) is 0 Å². The van der Waals surface area contributed by atoms with Crippen LogP contribution in [-0.4, -0.2) is 18.1 Å². The van der Waals surface area contributed by atoms with E-state index in [1.165, 1.54) is 154 Å². The Morgan fingerprint density at radius 2 is 0.692 bits per heavy atom. The van der Waals surface area contributed by atoms with Gasteiger partial charge in [-0.25, -0.2) is 4.57 Å². The highest BCUT2D eigenvalue weighted by atomic mass is 31.2. The fraction of sp³-hybridized carbons (Fsp3) is 0.941. The van der Waals surface area contributed by atoms with Gasteiger partial charge in [-0.05, 0) is 38.5 Å². The first-order valence-corrected chi connectivity index (χ1v) is 18.9. The number of hydrogen-bond donors (Lipinski definition) is 1. The van der Waals surface area contributed by atoms with Crippen LogP contribution in [0.4, 0.5) is 0 Å². The Kier molecular flexibility index (Phi) is 32.2. The van der Waals surface area contributed by atoms with Gasteiger partial charge >= 0.3 is 7.82 Å². The van der Waals surface area contributed by atoms with Crippen molar-refractivity contribution in [2.45, 2.75) is 194 Å². The van der Waals surface area contributed by atoms with E-state index in [1.807, 2.05) is 0 Å². The van der Waals surface area contributed by atoms with Gasteiger partial charge in [0.25, 0.3) is 0 Å². The van der Waals surface area contributed by atoms with Gasteiger partial charge in [0.1, 0.15) is 0 Å². The molecule has 234 valence electrons. The summed E-state index contributed by atoms with van der Waals surface area (Å²) < 4.78 is 22.3. The topological polar surface area (TPSA) is 55.8 Å². The molecule has 39 heavy (non-hydrogen) atoms. The lowest BCUT2D eigenvalue weighted by Crippen LogP contribution is -1.99. The summed E-state index contributed by atoms with van der Waals surface area (Å²) in [6.07, 6.45) is 40.4. The predicted molar refractivity (Wildman–Crippen MR) is 171 cm³/mol. The van der Waals surface area contributed by atoms with Crippen LogP contribution in [0, 0.1) is 0 Å². The number of unbranched alkanes of at least 4 members (excludes halogenated alkanes) is 25. The van der Waals surface area contributed by atoms with Crippen molar-refractivity contribution in [3.05, 3.63) is 12.2 Å². The van der Waals surface area contributed by atoms with E-state index in [4.69, 9.17) is 9.05 Å². The second-order valence-electron chi connectivity index (χ2n) is 11.7. The fourth-order valence-electron chi connectivity index (χ4n) is 5.04. The zero-order chi connectivity index (χ0) is 28.5. The average Bonchev–Trinajstić information content (AvgIpc) is 2.92. The lowest BCUT2D eigenvalue weighted by Gasteiger charge is -2.12. The predicted octanol–water partition coefficient (Wildman–Crippen LogP) is 12.6. The van der Waals surface area contributed by atoms with E-state index < -0.39 is 7.82 Å². The van der Waals surface area contributed by atoms with Gasteiger partial charge in [-0.2, -0.15) is 0 Å². The van der Waals surface area contributed by atoms with Crippen molar-refractivity contribution < 1.29 is 18.5 Å². The van der Waals surface area contributed by atoms with Crippen LogP contribution in [0.15, 0.2) is 12.2 Å². The van der Waals surface area contributed by atoms with Gasteiger partial charge < -0.3 is 4.89 Å². The van der Waals surface area contributed by atoms with E-state index in [0.29, 0.717) is 13.2 Å². The van der Waals surface area contributed by atoms with Gasteiger partial charge in [0.2, 0.25) is 0 Å². The highest BCUT2D eigenvalue weighted by molar-refractivity contribution is 7.47. The molecule has 0 rings (SSSR count). The van der Waals surface area contributed by atoms with Gasteiger partial charge in [-0.1, -0.05) is 167 Å². The van der Waals surface area contributed by atoms with E-state index in [-0.39, 0.29) is 0 Å². The van der Waals surface area contributed by atoms with Crippen molar-refractivity contribution in [1.29, 1.82) is 0 Å². The Bertz CT molecular complexity index is 537. The molecule has 1 N–H and O–H groups in total. The number of rotatable bonds is 33. The number of hydrogen-bond acceptors (Lipinski definition) is 3. The molecule has 0 aromatic carbocycles. The third kappa shape index (κ3) is 34.0. The van der Waals surface area contributed by atoms with Gasteiger partial charge in [0, 0.05) is 0 Å². The van der Waals surface area contributed by atoms with Gasteiger partial charge in [-0.15, -0.1) is 0 Å². The molecule has 0 heterocycles. The molecular formula is C34H69O4P. The monoisotopic (exact) mass is 572 g/mol. The molecular weight excluding hydrogens is 503 g/mol. The molecule has 0 fully saturated rings. The molecule has 0 aliphatic carbocycles. The molecule has 0 saturated carbocycles. The summed E-state index contributed by atoms with van der Waals surface area (Å²) in [6, 6.07) is 0. The Hall–Kier alpha value is -0.150. The minimum atomic E-state index is -3.88. The fourth-order valence-corrected chi connectivity index (χ4v) is 5.84. The number of allylic oxidation sites excluding steroid dienone is 2. The van der Waals surface area contributed by atoms with E-state index in [1.54, 1.807) is 0 Å². The molecule has 0 bridgehead atoms. The molecule has 4 nitrogen and oxygen atoms in total. The number of phosphoric ester groups is 1. The Morgan fingerprint density at radius 1 is 0.436 bits per heavy atom. The van der Waals surface area contributed by atoms with Gasteiger partial charge in [0.05, 0.1) is 13.2 Å². The summed E-state index contributed by atoms with van der Waals surface area (Å²) >= 11 is 0. The molecule has 0 aromatic heterocycles. The molecule has 0 radical (unpaired) electrons. The molecule has 0 amide bonds. The normalized spacial score (nSPS) is 13.4. The minimum Gasteiger partial charge on any atom is -0.302 e. The first kappa shape index (κ1) is 38.9. The summed E-state index contributed by atoms with van der Waals surface area (Å²) in [4.78, 5) is 9.85. The summed E-state index contributed by atoms with van der Waals surface area (Å²) in [6.45, 7) is 5.17. The standard InChI is InChI=1S/C34H69O4P/c1-3-5-7-9-11-13-15-17-19-20-22-24-26-28-30-32-34-38-39(35,36)37-33-31-29-27-25-23-21-18-16-14-12-10-8-6-4-2/h17,19H,3-16,18,20-34H2,1-2H3,(H,35,36). The molecule has 5 heteroatoms. The number of phosphoric acid groups is 1. The maximum atomic E-state index is 12.0. The van der Waals surface area contributed by atoms with Crippen molar-refractivity contribution in [3.63, 3.8) is 0 Å². The lowest BCUT2D eigenvalue weighted by molar-refractivity contribution is 0.145. The van der Waals surface area contributed by atoms with Crippen LogP contribution in [0.3, 0.4) is 0 Å². The Balaban J connectivity index is 3.31. The highest BCUT2D eigenvalue weighted by Gasteiger charge is 2.19. The van der Waals surface area contributed by atoms with Crippen LogP contribution >= 0.6 is 7.82 Å². The Morgan fingerprint density at radius 3 is 1.00 bits per heavy atom. The van der Waals surface area contributed by atoms with Crippen molar-refractivity contribution in [1.82, 2.24) is 0 Å². The largest absolute Gasteiger partial charge is 0.472 e. The maximum Gasteiger partial charge on any atom is 0.472 e. The van der Waals surface area contributed by atoms with E-state index in [0.717, 1.165) is 25.7 Å². The quantitative estimate of drug-likeness (QED) is 0.0483. The van der Waals surface area contributed by atoms with Crippen molar-refractivity contribution in [3.8, 4) is 0 Å². The summed E-state index contributed by atoms with van der Waals surface area (Å²) in [7, 11) is -3.88. The molecule has 0 aliphatic rings. The van der Waals surface area contributed by atoms with Crippen LogP contribution in [0.5, 0.6) is 0 Å². The molecule has 1 unspecified atom stereocenters. The Labute approximate surface area is 245 Å². The first-order valence-electron chi connectivity index (χ1n) is 17.4. The summed E-state index contributed by atoms with van der Waals surface area (Å²) in [5.41, 5.74) is 0. The highest BCUT2D eigenvalue weighted by Crippen LogP contribution is 2.43. The van der Waals surface area contributed by atoms with Crippen LogP contribution in [0.1, 0.15) is 194 Å². The third-order valence-corrected chi connectivity index (χ3v) is 8.68. The van der Waals surface area contributed by atoms with Gasteiger partial charge in [0.15, 0.2) is 0 Å². The van der Waals surface area contributed by atoms with Crippen molar-refractivity contribution in [2.24, 2.45) is 0 Å². The summed E-state index contributed by atoms with van der Waals surface area (Å²) in [5.74, 6) is 0. The van der Waals surface area contributed by atoms with Crippen LogP contribution < -0.4 is 0 Å². The third-order valence-electron chi connectivity index (χ3n) is 7.66. The van der Waals surface area contributed by atoms with Crippen LogP contribution in [0.25, 0.3) is 0 Å². The zero-order valence-corrected chi connectivity index (χ0v) is 27.4. The molecule has 0 aromatic rings. The zero-order valence-electron chi connectivity index (χ0n) is 26.5. The maximum absolute atomic E-state index is 12.0. The van der Waals surface area contributed by atoms with E-state index >= 15 is 0 Å². The molecule has 0 aliphatic heterocycles.